The van der Waals surface area contributed by atoms with Crippen molar-refractivity contribution in [3.63, 3.8) is 0 Å². The number of aromatic nitrogens is 2. The Bertz CT molecular complexity index is 2780. The summed E-state index contributed by atoms with van der Waals surface area (Å²) in [5.41, 5.74) is 1.14. The van der Waals surface area contributed by atoms with Crippen LogP contribution < -0.4 is 16.4 Å². The second-order valence-electron chi connectivity index (χ2n) is 16.9. The molecule has 0 saturated carbocycles. The number of hydrogen-bond acceptors (Lipinski definition) is 5. The molecule has 2 fully saturated rings. The standard InChI is InChI=1S/C29H28F3N3O3.C21H22F3N3O.CH4.H3P/c1-19-9-10-23(20(2)15-19)17-35-25(16-24(29(30,31)32)26(33-3)27(35)36)22-11-13-34(14-12-22)28(37)38-18-21-7-5-4-6-8-21;1-13-4-5-16(14(2)10-13)12-27-18(15-6-8-26-9-7-15)11-17(21(22,23)24)19(25-3)20(27)28;;/h4-10,15-16,22H,11-14,17-18H2,1-2H3;4-5,10-11,15,26H,6-9,12H2,1-2H3;1H4;1H3. The van der Waals surface area contributed by atoms with Crippen LogP contribution in [0, 0.1) is 40.8 Å². The van der Waals surface area contributed by atoms with Gasteiger partial charge in [0.15, 0.2) is 0 Å². The van der Waals surface area contributed by atoms with Crippen LogP contribution in [0.25, 0.3) is 9.69 Å². The molecule has 68 heavy (non-hydrogen) atoms. The summed E-state index contributed by atoms with van der Waals surface area (Å²) in [7, 11) is 0. The van der Waals surface area contributed by atoms with Crippen LogP contribution in [-0.2, 0) is 36.8 Å². The second kappa shape index (κ2) is 23.2. The summed E-state index contributed by atoms with van der Waals surface area (Å²) in [5, 5.41) is 3.19. The molecule has 1 atom stereocenters. The fourth-order valence-electron chi connectivity index (χ4n) is 8.63. The molecule has 0 bridgehead atoms. The number of carbonyl (C=O) groups is 1. The van der Waals surface area contributed by atoms with Gasteiger partial charge in [-0.3, -0.25) is 9.59 Å². The van der Waals surface area contributed by atoms with Crippen LogP contribution in [0.1, 0.15) is 106 Å². The lowest BCUT2D eigenvalue weighted by atomic mass is 9.91. The summed E-state index contributed by atoms with van der Waals surface area (Å²) in [4.78, 5) is 46.2. The Labute approximate surface area is 396 Å². The quantitative estimate of drug-likeness (QED) is 0.0950. The van der Waals surface area contributed by atoms with E-state index in [1.54, 1.807) is 0 Å². The minimum atomic E-state index is -4.84. The molecule has 5 aromatic rings. The minimum Gasteiger partial charge on any atom is -0.445 e. The predicted molar refractivity (Wildman–Crippen MR) is 257 cm³/mol. The monoisotopic (exact) mass is 962 g/mol. The smallest absolute Gasteiger partial charge is 0.410 e. The number of piperidine rings is 2. The van der Waals surface area contributed by atoms with Gasteiger partial charge < -0.3 is 24.1 Å². The fourth-order valence-corrected chi connectivity index (χ4v) is 8.63. The molecule has 7 rings (SSSR count). The van der Waals surface area contributed by atoms with Crippen LogP contribution in [0.3, 0.4) is 0 Å². The highest BCUT2D eigenvalue weighted by Gasteiger charge is 2.39. The lowest BCUT2D eigenvalue weighted by Crippen LogP contribution is -2.39. The van der Waals surface area contributed by atoms with Gasteiger partial charge in [-0.2, -0.15) is 36.2 Å². The molecule has 2 saturated heterocycles. The number of alkyl halides is 6. The number of benzene rings is 3. The van der Waals surface area contributed by atoms with Crippen molar-refractivity contribution in [2.75, 3.05) is 26.2 Å². The molecule has 2 aromatic heterocycles. The summed E-state index contributed by atoms with van der Waals surface area (Å²) in [6.45, 7) is 24.4. The molecule has 10 nitrogen and oxygen atoms in total. The van der Waals surface area contributed by atoms with Gasteiger partial charge in [-0.1, -0.05) is 85.3 Å². The number of pyridine rings is 2. The van der Waals surface area contributed by atoms with Gasteiger partial charge in [0.1, 0.15) is 6.61 Å². The van der Waals surface area contributed by atoms with Crippen molar-refractivity contribution in [2.24, 2.45) is 0 Å². The molecule has 2 aliphatic heterocycles. The number of amides is 1. The predicted octanol–water partition coefficient (Wildman–Crippen LogP) is 11.8. The summed E-state index contributed by atoms with van der Waals surface area (Å²) in [6, 6.07) is 22.7. The molecule has 0 spiro atoms. The highest BCUT2D eigenvalue weighted by molar-refractivity contribution is 6.92. The largest absolute Gasteiger partial charge is 0.445 e. The topological polar surface area (TPSA) is 94.3 Å². The van der Waals surface area contributed by atoms with Gasteiger partial charge in [0.2, 0.25) is 0 Å². The number of likely N-dealkylation sites (tertiary alicyclic amines) is 1. The average Bonchev–Trinajstić information content (AvgIpc) is 3.28. The lowest BCUT2D eigenvalue weighted by Gasteiger charge is -2.33. The maximum Gasteiger partial charge on any atom is 0.410 e. The molecule has 0 aliphatic carbocycles. The first kappa shape index (κ1) is 54.4. The normalized spacial score (nSPS) is 14.3. The third-order valence-electron chi connectivity index (χ3n) is 12.2. The van der Waals surface area contributed by atoms with Gasteiger partial charge in [-0.05, 0) is 106 Å². The Morgan fingerprint density at radius 3 is 1.50 bits per heavy atom. The van der Waals surface area contributed by atoms with Gasteiger partial charge in [-0.25, -0.2) is 14.5 Å². The maximum atomic E-state index is 13.9. The van der Waals surface area contributed by atoms with Crippen molar-refractivity contribution in [1.82, 2.24) is 19.4 Å². The van der Waals surface area contributed by atoms with Crippen LogP contribution in [0.2, 0.25) is 0 Å². The molecule has 4 heterocycles. The van der Waals surface area contributed by atoms with Gasteiger partial charge >= 0.3 is 18.4 Å². The van der Waals surface area contributed by atoms with E-state index in [1.165, 1.54) is 14.0 Å². The van der Waals surface area contributed by atoms with Crippen molar-refractivity contribution >= 4 is 27.4 Å². The van der Waals surface area contributed by atoms with Crippen molar-refractivity contribution in [3.8, 4) is 0 Å². The van der Waals surface area contributed by atoms with E-state index in [2.05, 4.69) is 15.0 Å². The van der Waals surface area contributed by atoms with Crippen LogP contribution in [0.4, 0.5) is 42.5 Å². The number of carbonyl (C=O) groups excluding carboxylic acids is 1. The molecule has 1 unspecified atom stereocenters. The summed E-state index contributed by atoms with van der Waals surface area (Å²) < 4.78 is 90.2. The molecule has 0 radical (unpaired) electrons. The molecular formula is C51H57F6N6O4P. The molecule has 3 aromatic carbocycles. The number of ether oxygens (including phenoxy) is 1. The third kappa shape index (κ3) is 12.9. The van der Waals surface area contributed by atoms with Gasteiger partial charge in [0, 0.05) is 49.4 Å². The van der Waals surface area contributed by atoms with Crippen LogP contribution in [0.15, 0.2) is 88.5 Å². The second-order valence-corrected chi connectivity index (χ2v) is 16.9. The van der Waals surface area contributed by atoms with E-state index >= 15 is 0 Å². The Kier molecular flexibility index (Phi) is 18.5. The minimum absolute atomic E-state index is 0. The number of halogens is 6. The molecule has 362 valence electrons. The highest BCUT2D eigenvalue weighted by Crippen LogP contribution is 2.40. The van der Waals surface area contributed by atoms with Crippen molar-refractivity contribution < 1.29 is 35.9 Å². The zero-order valence-corrected chi connectivity index (χ0v) is 39.2. The van der Waals surface area contributed by atoms with Crippen molar-refractivity contribution in [2.45, 2.75) is 105 Å². The van der Waals surface area contributed by atoms with E-state index in [0.717, 1.165) is 51.1 Å². The molecule has 2 aliphatic rings. The SMILES string of the molecule is C.P.[C-]#[N+]c1c(C(F)(F)F)cc(C2CCN(C(=O)OCc3ccccc3)CC2)n(Cc2ccc(C)cc2C)c1=O.[C-]#[N+]c1c(C(F)(F)F)cc(C2CCNCC2)n(Cc2ccc(C)cc2C)c1=O. The van der Waals surface area contributed by atoms with Gasteiger partial charge in [-0.15, -0.1) is 0 Å². The Morgan fingerprint density at radius 2 is 1.10 bits per heavy atom. The molecule has 1 N–H and O–H groups in total. The summed E-state index contributed by atoms with van der Waals surface area (Å²) in [6.07, 6.45) is -8.03. The van der Waals surface area contributed by atoms with Gasteiger partial charge in [0.25, 0.3) is 22.5 Å². The molecular weight excluding hydrogens is 906 g/mol. The number of rotatable bonds is 8. The first-order valence-corrected chi connectivity index (χ1v) is 21.5. The Hall–Kier alpha value is -6.22. The van der Waals surface area contributed by atoms with E-state index in [4.69, 9.17) is 17.9 Å². The number of hydrogen-bond donors (Lipinski definition) is 1. The first-order chi connectivity index (χ1) is 31.3. The van der Waals surface area contributed by atoms with E-state index in [0.29, 0.717) is 44.5 Å². The van der Waals surface area contributed by atoms with Crippen LogP contribution in [0.5, 0.6) is 0 Å². The van der Waals surface area contributed by atoms with E-state index in [-0.39, 0.29) is 61.7 Å². The molecule has 1 amide bonds. The lowest BCUT2D eigenvalue weighted by molar-refractivity contribution is -0.137. The maximum absolute atomic E-state index is 13.9. The third-order valence-corrected chi connectivity index (χ3v) is 12.2. The summed E-state index contributed by atoms with van der Waals surface area (Å²) >= 11 is 0. The molecule has 17 heteroatoms. The Morgan fingerprint density at radius 1 is 0.676 bits per heavy atom. The Balaban J connectivity index is 0.000000301. The number of nitrogens with one attached hydrogen (secondary N) is 1. The van der Waals surface area contributed by atoms with Crippen molar-refractivity contribution in [3.05, 3.63) is 184 Å². The van der Waals surface area contributed by atoms with Gasteiger partial charge in [0.05, 0.1) is 24.3 Å². The van der Waals surface area contributed by atoms with E-state index in [1.807, 2.05) is 94.4 Å². The highest BCUT2D eigenvalue weighted by atomic mass is 31.0. The zero-order valence-electron chi connectivity index (χ0n) is 37.8. The number of nitrogens with zero attached hydrogens (tertiary/aromatic N) is 5. The van der Waals surface area contributed by atoms with Crippen molar-refractivity contribution in [1.29, 1.82) is 0 Å². The fraction of sp³-hybridized carbons (Fsp3) is 0.392. The zero-order chi connectivity index (χ0) is 47.9. The van der Waals surface area contributed by atoms with Crippen LogP contribution >= 0.6 is 9.90 Å². The van der Waals surface area contributed by atoms with Crippen LogP contribution in [-0.4, -0.2) is 46.3 Å². The van der Waals surface area contributed by atoms with E-state index in [9.17, 15) is 40.7 Å². The first-order valence-electron chi connectivity index (χ1n) is 21.5. The number of aryl methyl sites for hydroxylation is 4. The summed E-state index contributed by atoms with van der Waals surface area (Å²) in [5.74, 6) is -0.548. The van der Waals surface area contributed by atoms with E-state index < -0.39 is 58.0 Å². The average molecular weight is 963 g/mol.